The molecule has 2 heterocycles. The average molecular weight is 527 g/mol. The van der Waals surface area contributed by atoms with Crippen molar-refractivity contribution in [3.63, 3.8) is 0 Å². The van der Waals surface area contributed by atoms with Crippen LogP contribution >= 0.6 is 0 Å². The number of nitrogens with zero attached hydrogens (tertiary/aromatic N) is 4. The van der Waals surface area contributed by atoms with Crippen molar-refractivity contribution >= 4 is 5.91 Å². The third-order valence-corrected chi connectivity index (χ3v) is 6.47. The first kappa shape index (κ1) is 27.4. The molecule has 1 aliphatic rings. The van der Waals surface area contributed by atoms with Gasteiger partial charge in [0.2, 0.25) is 5.91 Å². The molecule has 1 amide bonds. The lowest BCUT2D eigenvalue weighted by Crippen LogP contribution is -2.51. The number of carbonyl (C=O) groups is 1. The minimum absolute atomic E-state index is 0.0336. The zero-order valence-corrected chi connectivity index (χ0v) is 21.9. The number of methoxy groups -OCH3 is 1. The molecule has 10 heteroatoms. The molecule has 0 bridgehead atoms. The quantitative estimate of drug-likeness (QED) is 0.384. The van der Waals surface area contributed by atoms with Gasteiger partial charge in [-0.05, 0) is 48.4 Å². The number of β-amino-alcohol motifs (C(OH)–C–C–N with tert-alkyl or cyclic N) is 1. The lowest BCUT2D eigenvalue weighted by atomic mass is 10.0. The molecule has 1 fully saturated rings. The summed E-state index contributed by atoms with van der Waals surface area (Å²) in [6.07, 6.45) is 6.29. The monoisotopic (exact) mass is 526 g/mol. The van der Waals surface area contributed by atoms with Gasteiger partial charge in [0.05, 0.1) is 26.6 Å². The number of aliphatic hydroxyl groups is 1. The molecule has 1 N–H and O–H groups in total. The number of aromatic nitrogens is 2. The Morgan fingerprint density at radius 2 is 1.92 bits per heavy atom. The predicted octanol–water partition coefficient (Wildman–Crippen LogP) is 2.97. The van der Waals surface area contributed by atoms with E-state index in [2.05, 4.69) is 9.88 Å². The lowest BCUT2D eigenvalue weighted by Gasteiger charge is -2.32. The Balaban J connectivity index is 1.39. The molecule has 1 aromatic heterocycles. The number of amides is 1. The minimum Gasteiger partial charge on any atom is -0.493 e. The maximum atomic E-state index is 13.2. The Bertz CT molecular complexity index is 1170. The van der Waals surface area contributed by atoms with Gasteiger partial charge in [0.15, 0.2) is 11.5 Å². The molecule has 0 spiro atoms. The second-order valence-electron chi connectivity index (χ2n) is 9.61. The zero-order chi connectivity index (χ0) is 27.0. The van der Waals surface area contributed by atoms with Crippen LogP contribution in [0.1, 0.15) is 18.9 Å². The molecular weight excluding hydrogens is 491 g/mol. The van der Waals surface area contributed by atoms with Crippen molar-refractivity contribution in [2.45, 2.75) is 32.0 Å². The highest BCUT2D eigenvalue weighted by Crippen LogP contribution is 2.29. The fourth-order valence-electron chi connectivity index (χ4n) is 4.52. The van der Waals surface area contributed by atoms with E-state index < -0.39 is 5.60 Å². The molecule has 4 rings (SSSR count). The van der Waals surface area contributed by atoms with E-state index in [4.69, 9.17) is 14.2 Å². The maximum Gasteiger partial charge on any atom is 0.219 e. The molecule has 0 radical (unpaired) electrons. The Kier molecular flexibility index (Phi) is 9.19. The van der Waals surface area contributed by atoms with Crippen LogP contribution in [0.4, 0.5) is 4.39 Å². The highest BCUT2D eigenvalue weighted by molar-refractivity contribution is 5.73. The van der Waals surface area contributed by atoms with Crippen LogP contribution in [-0.2, 0) is 17.9 Å². The third kappa shape index (κ3) is 7.69. The van der Waals surface area contributed by atoms with E-state index in [0.717, 1.165) is 18.5 Å². The Morgan fingerprint density at radius 1 is 1.11 bits per heavy atom. The van der Waals surface area contributed by atoms with Gasteiger partial charge in [0.1, 0.15) is 23.8 Å². The van der Waals surface area contributed by atoms with E-state index in [1.165, 1.54) is 31.2 Å². The van der Waals surface area contributed by atoms with Crippen LogP contribution in [0.25, 0.3) is 0 Å². The summed E-state index contributed by atoms with van der Waals surface area (Å²) in [5.74, 6) is 1.30. The van der Waals surface area contributed by atoms with Crippen LogP contribution in [-0.4, -0.2) is 82.5 Å². The number of ether oxygens (including phenoxy) is 3. The highest BCUT2D eigenvalue weighted by Gasteiger charge is 2.37. The number of carbonyl (C=O) groups excluding carboxylic acids is 1. The van der Waals surface area contributed by atoms with Crippen LogP contribution in [0.5, 0.6) is 17.2 Å². The van der Waals surface area contributed by atoms with E-state index in [1.807, 2.05) is 29.0 Å². The maximum absolute atomic E-state index is 13.2. The summed E-state index contributed by atoms with van der Waals surface area (Å²) in [4.78, 5) is 20.0. The first-order valence-corrected chi connectivity index (χ1v) is 12.7. The van der Waals surface area contributed by atoms with Gasteiger partial charge in [-0.25, -0.2) is 9.37 Å². The Labute approximate surface area is 222 Å². The fourth-order valence-corrected chi connectivity index (χ4v) is 4.52. The zero-order valence-electron chi connectivity index (χ0n) is 21.9. The van der Waals surface area contributed by atoms with Crippen LogP contribution in [0.15, 0.2) is 61.2 Å². The van der Waals surface area contributed by atoms with Crippen LogP contribution in [0.2, 0.25) is 0 Å². The summed E-state index contributed by atoms with van der Waals surface area (Å²) < 4.78 is 32.6. The molecule has 38 heavy (non-hydrogen) atoms. The van der Waals surface area contributed by atoms with Gasteiger partial charge in [-0.1, -0.05) is 6.07 Å². The van der Waals surface area contributed by atoms with Gasteiger partial charge in [-0.2, -0.15) is 0 Å². The van der Waals surface area contributed by atoms with Gasteiger partial charge >= 0.3 is 0 Å². The number of imidazole rings is 1. The van der Waals surface area contributed by atoms with E-state index >= 15 is 0 Å². The average Bonchev–Trinajstić information content (AvgIpc) is 3.36. The molecule has 9 nitrogen and oxygen atoms in total. The second-order valence-corrected chi connectivity index (χ2v) is 9.61. The SMILES string of the molecule is COc1cc(CN2CCN(C(C)=O)CC(O)(COc3ccc(F)cc3)C2)ccc1OCCCn1ccnc1. The number of halogens is 1. The van der Waals surface area contributed by atoms with E-state index in [-0.39, 0.29) is 24.9 Å². The molecule has 1 atom stereocenters. The van der Waals surface area contributed by atoms with Crippen molar-refractivity contribution < 1.29 is 28.5 Å². The van der Waals surface area contributed by atoms with Gasteiger partial charge in [0.25, 0.3) is 0 Å². The summed E-state index contributed by atoms with van der Waals surface area (Å²) in [5, 5.41) is 11.5. The molecule has 204 valence electrons. The standard InChI is InChI=1S/C28H35FN4O5/c1-22(34)33-14-13-32(18-28(35,19-33)20-38-25-7-5-24(29)6-8-25)17-23-4-9-26(27(16-23)36-2)37-15-3-11-31-12-10-30-21-31/h4-10,12,16,21,35H,3,11,13-15,17-20H2,1-2H3. The summed E-state index contributed by atoms with van der Waals surface area (Å²) in [7, 11) is 1.61. The van der Waals surface area contributed by atoms with Gasteiger partial charge in [0, 0.05) is 52.0 Å². The molecular formula is C28H35FN4O5. The van der Waals surface area contributed by atoms with Crippen molar-refractivity contribution in [2.75, 3.05) is 46.5 Å². The van der Waals surface area contributed by atoms with Crippen LogP contribution in [0.3, 0.4) is 0 Å². The second kappa shape index (κ2) is 12.7. The van der Waals surface area contributed by atoms with Crippen molar-refractivity contribution in [3.8, 4) is 17.2 Å². The van der Waals surface area contributed by atoms with E-state index in [9.17, 15) is 14.3 Å². The fraction of sp³-hybridized carbons (Fsp3) is 0.429. The summed E-state index contributed by atoms with van der Waals surface area (Å²) >= 11 is 0. The van der Waals surface area contributed by atoms with Crippen molar-refractivity contribution in [3.05, 3.63) is 72.6 Å². The van der Waals surface area contributed by atoms with E-state index in [1.54, 1.807) is 24.5 Å². The normalized spacial score (nSPS) is 18.2. The first-order chi connectivity index (χ1) is 18.3. The smallest absolute Gasteiger partial charge is 0.219 e. The molecule has 0 saturated carbocycles. The van der Waals surface area contributed by atoms with Crippen molar-refractivity contribution in [1.82, 2.24) is 19.4 Å². The first-order valence-electron chi connectivity index (χ1n) is 12.7. The van der Waals surface area contributed by atoms with Crippen molar-refractivity contribution in [2.24, 2.45) is 0 Å². The summed E-state index contributed by atoms with van der Waals surface area (Å²) in [6.45, 7) is 4.90. The van der Waals surface area contributed by atoms with E-state index in [0.29, 0.717) is 50.0 Å². The molecule has 1 unspecified atom stereocenters. The number of hydrogen-bond donors (Lipinski definition) is 1. The lowest BCUT2D eigenvalue weighted by molar-refractivity contribution is -0.132. The number of hydrogen-bond acceptors (Lipinski definition) is 7. The van der Waals surface area contributed by atoms with Gasteiger partial charge in [-0.15, -0.1) is 0 Å². The topological polar surface area (TPSA) is 89.3 Å². The minimum atomic E-state index is -1.31. The Hall–Kier alpha value is -3.63. The largest absolute Gasteiger partial charge is 0.493 e. The summed E-state index contributed by atoms with van der Waals surface area (Å²) in [5.41, 5.74) is -0.315. The molecule has 2 aromatic carbocycles. The van der Waals surface area contributed by atoms with Crippen molar-refractivity contribution in [1.29, 1.82) is 0 Å². The van der Waals surface area contributed by atoms with Gasteiger partial charge in [-0.3, -0.25) is 9.69 Å². The van der Waals surface area contributed by atoms with Gasteiger partial charge < -0.3 is 28.8 Å². The number of benzene rings is 2. The molecule has 1 saturated heterocycles. The predicted molar refractivity (Wildman–Crippen MR) is 140 cm³/mol. The van der Waals surface area contributed by atoms with Crippen LogP contribution < -0.4 is 14.2 Å². The number of rotatable bonds is 11. The Morgan fingerprint density at radius 3 is 2.63 bits per heavy atom. The molecule has 0 aliphatic carbocycles. The number of aryl methyl sites for hydroxylation is 1. The third-order valence-electron chi connectivity index (χ3n) is 6.47. The summed E-state index contributed by atoms with van der Waals surface area (Å²) in [6, 6.07) is 11.5. The molecule has 3 aromatic rings. The highest BCUT2D eigenvalue weighted by atomic mass is 19.1. The van der Waals surface area contributed by atoms with Crippen LogP contribution in [0, 0.1) is 5.82 Å². The molecule has 1 aliphatic heterocycles.